The second-order valence-electron chi connectivity index (χ2n) is 3.77. The molecule has 5 nitrogen and oxygen atoms in total. The summed E-state index contributed by atoms with van der Waals surface area (Å²) in [5, 5.41) is 11.2. The van der Waals surface area contributed by atoms with Gasteiger partial charge in [0.05, 0.1) is 12.1 Å². The van der Waals surface area contributed by atoms with Gasteiger partial charge in [-0.3, -0.25) is 4.79 Å². The molecule has 1 N–H and O–H groups in total. The van der Waals surface area contributed by atoms with Crippen LogP contribution in [-0.4, -0.2) is 29.3 Å². The number of carboxylic acids is 1. The van der Waals surface area contributed by atoms with E-state index in [1.54, 1.807) is 5.38 Å². The molecule has 1 aliphatic rings. The molecule has 0 saturated heterocycles. The van der Waals surface area contributed by atoms with Crippen molar-refractivity contribution in [2.45, 2.75) is 6.42 Å². The number of halogens is 1. The topological polar surface area (TPSA) is 68.7 Å². The first kappa shape index (κ1) is 12.7. The summed E-state index contributed by atoms with van der Waals surface area (Å²) in [5.41, 5.74) is 0.530. The summed E-state index contributed by atoms with van der Waals surface area (Å²) in [5.74, 6) is 0.267. The minimum absolute atomic E-state index is 0.0881. The molecule has 2 aromatic heterocycles. The molecule has 0 spiro atoms. The van der Waals surface area contributed by atoms with Crippen LogP contribution in [0.2, 0.25) is 4.34 Å². The van der Waals surface area contributed by atoms with Gasteiger partial charge < -0.3 is 14.6 Å². The van der Waals surface area contributed by atoms with Crippen molar-refractivity contribution in [2.24, 2.45) is 0 Å². The van der Waals surface area contributed by atoms with Crippen LogP contribution in [0.15, 0.2) is 5.38 Å². The monoisotopic (exact) mass is 317 g/mol. The van der Waals surface area contributed by atoms with Crippen LogP contribution < -0.4 is 9.47 Å². The second-order valence-corrected chi connectivity index (χ2v) is 6.26. The SMILES string of the molecule is O=C(O)Cc1csc(-c2sc(Cl)c3c2OCCO3)n1. The van der Waals surface area contributed by atoms with Gasteiger partial charge in [-0.1, -0.05) is 11.6 Å². The molecule has 0 radical (unpaired) electrons. The zero-order chi connectivity index (χ0) is 13.4. The summed E-state index contributed by atoms with van der Waals surface area (Å²) >= 11 is 8.80. The van der Waals surface area contributed by atoms with Crippen molar-refractivity contribution in [3.8, 4) is 21.4 Å². The summed E-state index contributed by atoms with van der Waals surface area (Å²) in [4.78, 5) is 15.7. The lowest BCUT2D eigenvalue weighted by molar-refractivity contribution is -0.136. The molecule has 19 heavy (non-hydrogen) atoms. The minimum Gasteiger partial charge on any atom is -0.484 e. The largest absolute Gasteiger partial charge is 0.484 e. The maximum atomic E-state index is 10.7. The molecule has 8 heteroatoms. The Kier molecular flexibility index (Phi) is 3.34. The van der Waals surface area contributed by atoms with Crippen molar-refractivity contribution in [3.05, 3.63) is 15.4 Å². The van der Waals surface area contributed by atoms with E-state index in [1.165, 1.54) is 22.7 Å². The lowest BCUT2D eigenvalue weighted by Crippen LogP contribution is -2.14. The van der Waals surface area contributed by atoms with Crippen LogP contribution >= 0.6 is 34.3 Å². The molecule has 3 rings (SSSR count). The average molecular weight is 318 g/mol. The second kappa shape index (κ2) is 4.99. The van der Waals surface area contributed by atoms with E-state index in [1.807, 2.05) is 0 Å². The summed E-state index contributed by atoms with van der Waals surface area (Å²) in [7, 11) is 0. The summed E-state index contributed by atoms with van der Waals surface area (Å²) in [6.07, 6.45) is -0.0881. The number of rotatable bonds is 3. The van der Waals surface area contributed by atoms with Gasteiger partial charge in [-0.05, 0) is 0 Å². The Morgan fingerprint density at radius 2 is 2.16 bits per heavy atom. The number of hydrogen-bond donors (Lipinski definition) is 1. The van der Waals surface area contributed by atoms with Crippen LogP contribution in [0.25, 0.3) is 9.88 Å². The fourth-order valence-corrected chi connectivity index (χ4v) is 3.90. The summed E-state index contributed by atoms with van der Waals surface area (Å²) < 4.78 is 11.6. The Bertz CT molecular complexity index is 637. The molecule has 0 amide bonds. The van der Waals surface area contributed by atoms with E-state index in [9.17, 15) is 4.79 Å². The maximum Gasteiger partial charge on any atom is 0.309 e. The number of carbonyl (C=O) groups is 1. The number of ether oxygens (including phenoxy) is 2. The van der Waals surface area contributed by atoms with E-state index in [2.05, 4.69) is 4.98 Å². The molecule has 0 unspecified atom stereocenters. The zero-order valence-electron chi connectivity index (χ0n) is 9.51. The van der Waals surface area contributed by atoms with Crippen LogP contribution in [0.4, 0.5) is 0 Å². The highest BCUT2D eigenvalue weighted by atomic mass is 35.5. The van der Waals surface area contributed by atoms with Gasteiger partial charge in [-0.2, -0.15) is 0 Å². The lowest BCUT2D eigenvalue weighted by Gasteiger charge is -2.15. The van der Waals surface area contributed by atoms with E-state index >= 15 is 0 Å². The number of aromatic nitrogens is 1. The number of aliphatic carboxylic acids is 1. The number of carboxylic acid groups (broad SMARTS) is 1. The number of nitrogens with zero attached hydrogens (tertiary/aromatic N) is 1. The Hall–Kier alpha value is -1.31. The van der Waals surface area contributed by atoms with Gasteiger partial charge in [0, 0.05) is 5.38 Å². The Labute approximate surface area is 121 Å². The van der Waals surface area contributed by atoms with E-state index in [0.717, 1.165) is 4.88 Å². The fourth-order valence-electron chi connectivity index (χ4n) is 1.70. The van der Waals surface area contributed by atoms with E-state index < -0.39 is 5.97 Å². The van der Waals surface area contributed by atoms with E-state index in [-0.39, 0.29) is 6.42 Å². The molecular formula is C11H8ClNO4S2. The fraction of sp³-hybridized carbons (Fsp3) is 0.273. The van der Waals surface area contributed by atoms with Gasteiger partial charge in [-0.25, -0.2) is 4.98 Å². The minimum atomic E-state index is -0.900. The standard InChI is InChI=1S/C11H8ClNO4S2/c12-10-8-7(16-1-2-17-8)9(19-10)11-13-5(4-18-11)3-6(14)15/h4H,1-3H2,(H,14,15). The van der Waals surface area contributed by atoms with Gasteiger partial charge in [-0.15, -0.1) is 22.7 Å². The van der Waals surface area contributed by atoms with Crippen molar-refractivity contribution in [3.63, 3.8) is 0 Å². The van der Waals surface area contributed by atoms with Crippen LogP contribution in [0.1, 0.15) is 5.69 Å². The van der Waals surface area contributed by atoms with Crippen molar-refractivity contribution >= 4 is 40.2 Å². The first-order valence-corrected chi connectivity index (χ1v) is 7.47. The highest BCUT2D eigenvalue weighted by Gasteiger charge is 2.26. The summed E-state index contributed by atoms with van der Waals surface area (Å²) in [6.45, 7) is 0.950. The first-order chi connectivity index (χ1) is 9.15. The van der Waals surface area contributed by atoms with Gasteiger partial charge in [0.15, 0.2) is 11.5 Å². The molecular weight excluding hydrogens is 310 g/mol. The van der Waals surface area contributed by atoms with Crippen molar-refractivity contribution < 1.29 is 19.4 Å². The van der Waals surface area contributed by atoms with E-state index in [0.29, 0.717) is 39.8 Å². The van der Waals surface area contributed by atoms with Crippen LogP contribution in [-0.2, 0) is 11.2 Å². The Morgan fingerprint density at radius 1 is 1.42 bits per heavy atom. The average Bonchev–Trinajstić information content (AvgIpc) is 2.95. The smallest absolute Gasteiger partial charge is 0.309 e. The third-order valence-corrected chi connectivity index (χ3v) is 4.83. The molecule has 0 fully saturated rings. The van der Waals surface area contributed by atoms with Crippen LogP contribution in [0, 0.1) is 0 Å². The third-order valence-electron chi connectivity index (χ3n) is 2.44. The van der Waals surface area contributed by atoms with Crippen molar-refractivity contribution in [1.82, 2.24) is 4.98 Å². The highest BCUT2D eigenvalue weighted by Crippen LogP contribution is 2.52. The number of thiophene rings is 1. The Balaban J connectivity index is 1.98. The number of thiazole rings is 1. The highest BCUT2D eigenvalue weighted by molar-refractivity contribution is 7.24. The normalized spacial score (nSPS) is 13.5. The number of hydrogen-bond acceptors (Lipinski definition) is 6. The third kappa shape index (κ3) is 2.41. The van der Waals surface area contributed by atoms with E-state index in [4.69, 9.17) is 26.2 Å². The van der Waals surface area contributed by atoms with Crippen LogP contribution in [0.5, 0.6) is 11.5 Å². The lowest BCUT2D eigenvalue weighted by atomic mass is 10.3. The molecule has 0 aromatic carbocycles. The summed E-state index contributed by atoms with van der Waals surface area (Å²) in [6, 6.07) is 0. The molecule has 3 heterocycles. The predicted molar refractivity (Wildman–Crippen MR) is 72.8 cm³/mol. The molecule has 0 saturated carbocycles. The van der Waals surface area contributed by atoms with Gasteiger partial charge >= 0.3 is 5.97 Å². The van der Waals surface area contributed by atoms with Crippen molar-refractivity contribution in [1.29, 1.82) is 0 Å². The quantitative estimate of drug-likeness (QED) is 0.942. The number of fused-ring (bicyclic) bond motifs is 1. The molecule has 0 atom stereocenters. The predicted octanol–water partition coefficient (Wildman–Crippen LogP) is 2.92. The van der Waals surface area contributed by atoms with Crippen molar-refractivity contribution in [2.75, 3.05) is 13.2 Å². The first-order valence-electron chi connectivity index (χ1n) is 5.39. The molecule has 1 aliphatic heterocycles. The van der Waals surface area contributed by atoms with Gasteiger partial charge in [0.25, 0.3) is 0 Å². The van der Waals surface area contributed by atoms with Gasteiger partial charge in [0.1, 0.15) is 27.4 Å². The van der Waals surface area contributed by atoms with Crippen LogP contribution in [0.3, 0.4) is 0 Å². The molecule has 0 bridgehead atoms. The molecule has 2 aromatic rings. The Morgan fingerprint density at radius 3 is 2.89 bits per heavy atom. The van der Waals surface area contributed by atoms with Gasteiger partial charge in [0.2, 0.25) is 0 Å². The zero-order valence-corrected chi connectivity index (χ0v) is 11.9. The molecule has 0 aliphatic carbocycles. The maximum absolute atomic E-state index is 10.7. The molecule has 100 valence electrons.